The number of fused-ring (bicyclic) bond motifs is 1. The smallest absolute Gasteiger partial charge is 0.0659 e. The molecule has 2 rings (SSSR count). The highest BCUT2D eigenvalue weighted by Crippen LogP contribution is 2.25. The van der Waals surface area contributed by atoms with Gasteiger partial charge >= 0.3 is 0 Å². The highest BCUT2D eigenvalue weighted by Gasteiger charge is 2.19. The largest absolute Gasteiger partial charge is 0.267 e. The second-order valence-corrected chi connectivity index (χ2v) is 3.90. The molecule has 2 nitrogen and oxygen atoms in total. The summed E-state index contributed by atoms with van der Waals surface area (Å²) in [5, 5.41) is 4.61. The number of hydrogen-bond acceptors (Lipinski definition) is 1. The van der Waals surface area contributed by atoms with E-state index in [0.29, 0.717) is 6.04 Å². The molecular weight excluding hydrogens is 148 g/mol. The van der Waals surface area contributed by atoms with Crippen molar-refractivity contribution in [2.45, 2.75) is 46.1 Å². The Hall–Kier alpha value is -0.790. The first-order chi connectivity index (χ1) is 5.70. The van der Waals surface area contributed by atoms with Crippen molar-refractivity contribution >= 4 is 0 Å². The first-order valence-corrected chi connectivity index (χ1v) is 4.77. The molecule has 0 N–H and O–H groups in total. The van der Waals surface area contributed by atoms with Crippen LogP contribution in [0.2, 0.25) is 0 Å². The summed E-state index contributed by atoms with van der Waals surface area (Å²) < 4.78 is 2.16. The zero-order chi connectivity index (χ0) is 8.72. The Morgan fingerprint density at radius 1 is 1.33 bits per heavy atom. The Bertz CT molecular complexity index is 297. The van der Waals surface area contributed by atoms with Gasteiger partial charge in [0.2, 0.25) is 0 Å². The summed E-state index contributed by atoms with van der Waals surface area (Å²) in [6, 6.07) is 0.510. The Labute approximate surface area is 73.6 Å². The highest BCUT2D eigenvalue weighted by molar-refractivity contribution is 5.29. The van der Waals surface area contributed by atoms with Gasteiger partial charge in [0, 0.05) is 11.7 Å². The predicted molar refractivity (Wildman–Crippen MR) is 49.4 cm³/mol. The molecule has 0 radical (unpaired) electrons. The summed E-state index contributed by atoms with van der Waals surface area (Å²) in [6.07, 6.45) is 3.74. The minimum absolute atomic E-state index is 0.510. The lowest BCUT2D eigenvalue weighted by Crippen LogP contribution is -2.06. The first-order valence-electron chi connectivity index (χ1n) is 4.77. The third-order valence-corrected chi connectivity index (χ3v) is 2.69. The molecule has 0 unspecified atom stereocenters. The topological polar surface area (TPSA) is 17.8 Å². The van der Waals surface area contributed by atoms with Crippen LogP contribution in [0, 0.1) is 6.92 Å². The minimum Gasteiger partial charge on any atom is -0.267 e. The highest BCUT2D eigenvalue weighted by atomic mass is 15.3. The zero-order valence-corrected chi connectivity index (χ0v) is 8.09. The average molecular weight is 164 g/mol. The van der Waals surface area contributed by atoms with E-state index in [1.165, 1.54) is 36.2 Å². The number of nitrogens with zero attached hydrogens (tertiary/aromatic N) is 2. The van der Waals surface area contributed by atoms with Crippen LogP contribution in [-0.2, 0) is 12.8 Å². The summed E-state index contributed by atoms with van der Waals surface area (Å²) in [4.78, 5) is 0. The monoisotopic (exact) mass is 164 g/mol. The fourth-order valence-corrected chi connectivity index (χ4v) is 2.07. The first kappa shape index (κ1) is 7.84. The molecule has 1 aromatic heterocycles. The molecule has 2 heteroatoms. The molecule has 0 saturated heterocycles. The van der Waals surface area contributed by atoms with Crippen molar-refractivity contribution in [1.29, 1.82) is 0 Å². The van der Waals surface area contributed by atoms with E-state index in [0.717, 1.165) is 0 Å². The number of rotatable bonds is 1. The predicted octanol–water partition coefficient (Wildman–Crippen LogP) is 2.26. The number of aromatic nitrogens is 2. The van der Waals surface area contributed by atoms with Gasteiger partial charge < -0.3 is 0 Å². The summed E-state index contributed by atoms with van der Waals surface area (Å²) in [7, 11) is 0. The van der Waals surface area contributed by atoms with Gasteiger partial charge in [-0.2, -0.15) is 5.10 Å². The van der Waals surface area contributed by atoms with Crippen LogP contribution >= 0.6 is 0 Å². The molecule has 1 aliphatic rings. The van der Waals surface area contributed by atoms with Crippen molar-refractivity contribution in [3.8, 4) is 0 Å². The fourth-order valence-electron chi connectivity index (χ4n) is 2.07. The molecule has 1 heterocycles. The van der Waals surface area contributed by atoms with E-state index in [-0.39, 0.29) is 0 Å². The van der Waals surface area contributed by atoms with Crippen molar-refractivity contribution in [1.82, 2.24) is 9.78 Å². The Kier molecular flexibility index (Phi) is 1.71. The normalized spacial score (nSPS) is 15.7. The van der Waals surface area contributed by atoms with E-state index in [1.54, 1.807) is 0 Å². The minimum atomic E-state index is 0.510. The quantitative estimate of drug-likeness (QED) is 0.622. The van der Waals surface area contributed by atoms with Crippen molar-refractivity contribution in [3.63, 3.8) is 0 Å². The Morgan fingerprint density at radius 3 is 2.67 bits per heavy atom. The standard InChI is InChI=1S/C10H16N2/c1-7(2)12-8(3)9-5-4-6-10(9)11-12/h7H,4-6H2,1-3H3. The molecule has 12 heavy (non-hydrogen) atoms. The van der Waals surface area contributed by atoms with Crippen LogP contribution in [0.25, 0.3) is 0 Å². The van der Waals surface area contributed by atoms with E-state index in [9.17, 15) is 0 Å². The van der Waals surface area contributed by atoms with Crippen LogP contribution in [0.4, 0.5) is 0 Å². The average Bonchev–Trinajstić information content (AvgIpc) is 2.53. The second kappa shape index (κ2) is 2.61. The lowest BCUT2D eigenvalue weighted by atomic mass is 10.2. The van der Waals surface area contributed by atoms with Gasteiger partial charge in [0.15, 0.2) is 0 Å². The Balaban J connectivity index is 2.47. The van der Waals surface area contributed by atoms with E-state index < -0.39 is 0 Å². The molecule has 0 spiro atoms. The molecule has 0 aromatic carbocycles. The van der Waals surface area contributed by atoms with Crippen LogP contribution in [-0.4, -0.2) is 9.78 Å². The maximum atomic E-state index is 4.61. The van der Waals surface area contributed by atoms with Crippen LogP contribution in [0.5, 0.6) is 0 Å². The van der Waals surface area contributed by atoms with Crippen molar-refractivity contribution in [2.75, 3.05) is 0 Å². The van der Waals surface area contributed by atoms with Gasteiger partial charge in [-0.25, -0.2) is 0 Å². The summed E-state index contributed by atoms with van der Waals surface area (Å²) in [5.74, 6) is 0. The third-order valence-electron chi connectivity index (χ3n) is 2.69. The van der Waals surface area contributed by atoms with E-state index in [4.69, 9.17) is 0 Å². The third kappa shape index (κ3) is 0.977. The van der Waals surface area contributed by atoms with Gasteiger partial charge in [0.1, 0.15) is 0 Å². The Morgan fingerprint density at radius 2 is 2.08 bits per heavy atom. The van der Waals surface area contributed by atoms with E-state index in [1.807, 2.05) is 0 Å². The van der Waals surface area contributed by atoms with Crippen LogP contribution < -0.4 is 0 Å². The maximum absolute atomic E-state index is 4.61. The SMILES string of the molecule is Cc1c2c(nn1C(C)C)CCC2. The molecular formula is C10H16N2. The van der Waals surface area contributed by atoms with Gasteiger partial charge in [-0.05, 0) is 45.6 Å². The van der Waals surface area contributed by atoms with E-state index >= 15 is 0 Å². The van der Waals surface area contributed by atoms with Gasteiger partial charge in [0.25, 0.3) is 0 Å². The van der Waals surface area contributed by atoms with Crippen LogP contribution in [0.3, 0.4) is 0 Å². The molecule has 0 fully saturated rings. The van der Waals surface area contributed by atoms with Gasteiger partial charge in [-0.1, -0.05) is 0 Å². The van der Waals surface area contributed by atoms with Crippen molar-refractivity contribution in [3.05, 3.63) is 17.0 Å². The molecule has 66 valence electrons. The van der Waals surface area contributed by atoms with Crippen molar-refractivity contribution in [2.24, 2.45) is 0 Å². The van der Waals surface area contributed by atoms with Crippen LogP contribution in [0.15, 0.2) is 0 Å². The summed E-state index contributed by atoms with van der Waals surface area (Å²) in [6.45, 7) is 6.57. The molecule has 0 bridgehead atoms. The number of hydrogen-bond donors (Lipinski definition) is 0. The lowest BCUT2D eigenvalue weighted by Gasteiger charge is -2.08. The number of aryl methyl sites for hydroxylation is 1. The summed E-state index contributed by atoms with van der Waals surface area (Å²) >= 11 is 0. The maximum Gasteiger partial charge on any atom is 0.0659 e. The molecule has 0 saturated carbocycles. The summed E-state index contributed by atoms with van der Waals surface area (Å²) in [5.41, 5.74) is 4.25. The second-order valence-electron chi connectivity index (χ2n) is 3.90. The molecule has 0 amide bonds. The lowest BCUT2D eigenvalue weighted by molar-refractivity contribution is 0.510. The van der Waals surface area contributed by atoms with Gasteiger partial charge in [-0.15, -0.1) is 0 Å². The molecule has 1 aromatic rings. The molecule has 0 aliphatic heterocycles. The van der Waals surface area contributed by atoms with Gasteiger partial charge in [0.05, 0.1) is 5.69 Å². The molecule has 0 atom stereocenters. The fraction of sp³-hybridized carbons (Fsp3) is 0.700. The van der Waals surface area contributed by atoms with Gasteiger partial charge in [-0.3, -0.25) is 4.68 Å². The molecule has 1 aliphatic carbocycles. The zero-order valence-electron chi connectivity index (χ0n) is 8.09. The van der Waals surface area contributed by atoms with Crippen LogP contribution in [0.1, 0.15) is 43.3 Å². The van der Waals surface area contributed by atoms with Crippen molar-refractivity contribution < 1.29 is 0 Å². The van der Waals surface area contributed by atoms with E-state index in [2.05, 4.69) is 30.6 Å².